The molecule has 0 saturated carbocycles. The third-order valence-electron chi connectivity index (χ3n) is 2.87. The molecule has 0 radical (unpaired) electrons. The third kappa shape index (κ3) is 3.37. The maximum absolute atomic E-state index is 12.2. The normalized spacial score (nSPS) is 12.1. The number of hydrogen-bond donors (Lipinski definition) is 3. The molecular weight excluding hydrogens is 256 g/mol. The molecular formula is C14H16N4O2. The zero-order valence-corrected chi connectivity index (χ0v) is 10.9. The number of ketones is 1. The number of aromatic hydroxyl groups is 1. The Balaban J connectivity index is 2.09. The van der Waals surface area contributed by atoms with Crippen LogP contribution in [0.25, 0.3) is 0 Å². The van der Waals surface area contributed by atoms with Gasteiger partial charge in [-0.3, -0.25) is 4.79 Å². The molecule has 0 spiro atoms. The SMILES string of the molecule is NCc1nccc(C(=O)C(N)Cc2ccc(O)cc2)n1. The molecule has 6 nitrogen and oxygen atoms in total. The third-order valence-corrected chi connectivity index (χ3v) is 2.87. The summed E-state index contributed by atoms with van der Waals surface area (Å²) in [7, 11) is 0. The molecule has 0 saturated heterocycles. The topological polar surface area (TPSA) is 115 Å². The molecule has 0 aliphatic rings. The number of hydrogen-bond acceptors (Lipinski definition) is 6. The van der Waals surface area contributed by atoms with Crippen LogP contribution >= 0.6 is 0 Å². The van der Waals surface area contributed by atoms with Crippen molar-refractivity contribution < 1.29 is 9.90 Å². The summed E-state index contributed by atoms with van der Waals surface area (Å²) in [6.07, 6.45) is 1.87. The van der Waals surface area contributed by atoms with E-state index in [9.17, 15) is 9.90 Å². The summed E-state index contributed by atoms with van der Waals surface area (Å²) in [5, 5.41) is 9.21. The first-order valence-electron chi connectivity index (χ1n) is 6.20. The number of carbonyl (C=O) groups excluding carboxylic acids is 1. The first-order valence-corrected chi connectivity index (χ1v) is 6.20. The van der Waals surface area contributed by atoms with Crippen molar-refractivity contribution in [1.82, 2.24) is 9.97 Å². The van der Waals surface area contributed by atoms with Gasteiger partial charge in [0.1, 0.15) is 17.3 Å². The summed E-state index contributed by atoms with van der Waals surface area (Å²) >= 11 is 0. The average Bonchev–Trinajstić information content (AvgIpc) is 2.48. The Morgan fingerprint density at radius 3 is 2.60 bits per heavy atom. The fourth-order valence-corrected chi connectivity index (χ4v) is 1.80. The second kappa shape index (κ2) is 6.23. The van der Waals surface area contributed by atoms with E-state index in [-0.39, 0.29) is 23.8 Å². The van der Waals surface area contributed by atoms with E-state index < -0.39 is 6.04 Å². The van der Waals surface area contributed by atoms with Crippen molar-refractivity contribution in [3.8, 4) is 5.75 Å². The van der Waals surface area contributed by atoms with Gasteiger partial charge in [-0.1, -0.05) is 12.1 Å². The lowest BCUT2D eigenvalue weighted by Crippen LogP contribution is -2.33. The molecule has 1 aromatic carbocycles. The van der Waals surface area contributed by atoms with Crippen molar-refractivity contribution in [3.05, 3.63) is 53.6 Å². The van der Waals surface area contributed by atoms with Crippen molar-refractivity contribution in [2.45, 2.75) is 19.0 Å². The fraction of sp³-hybridized carbons (Fsp3) is 0.214. The molecule has 1 atom stereocenters. The number of carbonyl (C=O) groups is 1. The molecule has 20 heavy (non-hydrogen) atoms. The van der Waals surface area contributed by atoms with Gasteiger partial charge in [-0.05, 0) is 30.2 Å². The Morgan fingerprint density at radius 2 is 1.95 bits per heavy atom. The Hall–Kier alpha value is -2.31. The highest BCUT2D eigenvalue weighted by Crippen LogP contribution is 2.12. The molecule has 2 aromatic rings. The maximum atomic E-state index is 12.2. The lowest BCUT2D eigenvalue weighted by molar-refractivity contribution is 0.0955. The van der Waals surface area contributed by atoms with Crippen LogP contribution in [0.4, 0.5) is 0 Å². The molecule has 0 bridgehead atoms. The molecule has 2 rings (SSSR count). The zero-order valence-electron chi connectivity index (χ0n) is 10.9. The van der Waals surface area contributed by atoms with Crippen molar-refractivity contribution in [2.24, 2.45) is 11.5 Å². The van der Waals surface area contributed by atoms with E-state index in [4.69, 9.17) is 11.5 Å². The molecule has 0 aliphatic heterocycles. The lowest BCUT2D eigenvalue weighted by Gasteiger charge is -2.10. The van der Waals surface area contributed by atoms with Crippen LogP contribution in [0, 0.1) is 0 Å². The molecule has 0 fully saturated rings. The Bertz CT molecular complexity index is 598. The van der Waals surface area contributed by atoms with Crippen LogP contribution in [0.5, 0.6) is 5.75 Å². The van der Waals surface area contributed by atoms with E-state index in [2.05, 4.69) is 9.97 Å². The number of nitrogens with zero attached hydrogens (tertiary/aromatic N) is 2. The lowest BCUT2D eigenvalue weighted by atomic mass is 10.0. The minimum atomic E-state index is -0.694. The molecule has 104 valence electrons. The first-order chi connectivity index (χ1) is 9.60. The Labute approximate surface area is 116 Å². The summed E-state index contributed by atoms with van der Waals surface area (Å²) < 4.78 is 0. The van der Waals surface area contributed by atoms with Gasteiger partial charge < -0.3 is 16.6 Å². The number of aromatic nitrogens is 2. The van der Waals surface area contributed by atoms with E-state index in [1.807, 2.05) is 0 Å². The number of Topliss-reactive ketones (excluding diaryl/α,β-unsaturated/α-hetero) is 1. The summed E-state index contributed by atoms with van der Waals surface area (Å²) in [6, 6.07) is 7.41. The van der Waals surface area contributed by atoms with E-state index in [0.29, 0.717) is 12.2 Å². The van der Waals surface area contributed by atoms with Crippen molar-refractivity contribution in [1.29, 1.82) is 0 Å². The summed E-state index contributed by atoms with van der Waals surface area (Å²) in [5.41, 5.74) is 12.5. The second-order valence-corrected chi connectivity index (χ2v) is 4.40. The molecule has 1 unspecified atom stereocenters. The number of rotatable bonds is 5. The van der Waals surface area contributed by atoms with Gasteiger partial charge >= 0.3 is 0 Å². The van der Waals surface area contributed by atoms with Crippen LogP contribution in [0.2, 0.25) is 0 Å². The number of benzene rings is 1. The van der Waals surface area contributed by atoms with Crippen molar-refractivity contribution >= 4 is 5.78 Å². The highest BCUT2D eigenvalue weighted by Gasteiger charge is 2.18. The van der Waals surface area contributed by atoms with Crippen molar-refractivity contribution in [2.75, 3.05) is 0 Å². The van der Waals surface area contributed by atoms with Crippen LogP contribution < -0.4 is 11.5 Å². The predicted octanol–water partition coefficient (Wildman–Crippen LogP) is 0.394. The second-order valence-electron chi connectivity index (χ2n) is 4.40. The molecule has 6 heteroatoms. The molecule has 5 N–H and O–H groups in total. The molecule has 0 amide bonds. The Kier molecular flexibility index (Phi) is 4.39. The number of phenols is 1. The van der Waals surface area contributed by atoms with E-state index in [1.54, 1.807) is 24.3 Å². The van der Waals surface area contributed by atoms with Crippen molar-refractivity contribution in [3.63, 3.8) is 0 Å². The highest BCUT2D eigenvalue weighted by atomic mass is 16.3. The van der Waals surface area contributed by atoms with E-state index >= 15 is 0 Å². The van der Waals surface area contributed by atoms with Crippen LogP contribution in [0.15, 0.2) is 36.5 Å². The zero-order chi connectivity index (χ0) is 14.5. The monoisotopic (exact) mass is 272 g/mol. The maximum Gasteiger partial charge on any atom is 0.198 e. The summed E-state index contributed by atoms with van der Waals surface area (Å²) in [4.78, 5) is 20.2. The van der Waals surface area contributed by atoms with Gasteiger partial charge in [0, 0.05) is 6.20 Å². The average molecular weight is 272 g/mol. The van der Waals surface area contributed by atoms with Crippen LogP contribution in [-0.2, 0) is 13.0 Å². The smallest absolute Gasteiger partial charge is 0.198 e. The van der Waals surface area contributed by atoms with Gasteiger partial charge in [-0.15, -0.1) is 0 Å². The molecule has 1 heterocycles. The van der Waals surface area contributed by atoms with E-state index in [1.165, 1.54) is 12.3 Å². The first kappa shape index (κ1) is 14.1. The fourth-order valence-electron chi connectivity index (χ4n) is 1.80. The van der Waals surface area contributed by atoms with Crippen LogP contribution in [0.3, 0.4) is 0 Å². The van der Waals surface area contributed by atoms with Gasteiger partial charge in [0.15, 0.2) is 5.78 Å². The predicted molar refractivity (Wildman–Crippen MR) is 74.0 cm³/mol. The van der Waals surface area contributed by atoms with Gasteiger partial charge in [0.2, 0.25) is 0 Å². The van der Waals surface area contributed by atoms with E-state index in [0.717, 1.165) is 5.56 Å². The summed E-state index contributed by atoms with van der Waals surface area (Å²) in [6.45, 7) is 0.175. The minimum Gasteiger partial charge on any atom is -0.508 e. The van der Waals surface area contributed by atoms with Gasteiger partial charge in [0.25, 0.3) is 0 Å². The quantitative estimate of drug-likeness (QED) is 0.678. The number of nitrogens with two attached hydrogens (primary N) is 2. The molecule has 1 aromatic heterocycles. The van der Waals surface area contributed by atoms with Gasteiger partial charge in [-0.25, -0.2) is 9.97 Å². The Morgan fingerprint density at radius 1 is 1.25 bits per heavy atom. The standard InChI is InChI=1S/C14H16N4O2/c15-8-13-17-6-5-12(18-13)14(20)11(16)7-9-1-3-10(19)4-2-9/h1-6,11,19H,7-8,15-16H2. The van der Waals surface area contributed by atoms with Crippen LogP contribution in [0.1, 0.15) is 21.9 Å². The summed E-state index contributed by atoms with van der Waals surface area (Å²) in [5.74, 6) is 0.333. The minimum absolute atomic E-state index is 0.175. The van der Waals surface area contributed by atoms with Gasteiger partial charge in [0.05, 0.1) is 12.6 Å². The van der Waals surface area contributed by atoms with Crippen LogP contribution in [-0.4, -0.2) is 26.9 Å². The largest absolute Gasteiger partial charge is 0.508 e. The molecule has 0 aliphatic carbocycles. The van der Waals surface area contributed by atoms with Gasteiger partial charge in [-0.2, -0.15) is 0 Å². The highest BCUT2D eigenvalue weighted by molar-refractivity contribution is 5.98. The number of phenolic OH excluding ortho intramolecular Hbond substituents is 1.